The monoisotopic (exact) mass is 275 g/mol. The first-order valence-electron chi connectivity index (χ1n) is 5.43. The molecule has 2 atom stereocenters. The number of phenolic OH excluding ortho intramolecular Hbond substituents is 1. The van der Waals surface area contributed by atoms with Gasteiger partial charge in [-0.1, -0.05) is 11.6 Å². The highest BCUT2D eigenvalue weighted by molar-refractivity contribution is 6.30. The van der Waals surface area contributed by atoms with Gasteiger partial charge in [-0.2, -0.15) is 0 Å². The van der Waals surface area contributed by atoms with Crippen molar-refractivity contribution in [1.82, 2.24) is 0 Å². The number of alkyl halides is 1. The van der Waals surface area contributed by atoms with Crippen molar-refractivity contribution < 1.29 is 19.0 Å². The molecule has 0 spiro atoms. The maximum Gasteiger partial charge on any atom is 0.342 e. The van der Waals surface area contributed by atoms with Crippen LogP contribution < -0.4 is 5.73 Å². The Morgan fingerprint density at radius 2 is 2.22 bits per heavy atom. The van der Waals surface area contributed by atoms with E-state index < -0.39 is 18.2 Å². The number of carbonyl (C=O) groups is 1. The Kier molecular flexibility index (Phi) is 4.93. The molecule has 1 aromatic rings. The Balaban J connectivity index is 3.03. The summed E-state index contributed by atoms with van der Waals surface area (Å²) in [6, 6.07) is 1.53. The zero-order chi connectivity index (χ0) is 13.9. The molecule has 0 saturated carbocycles. The van der Waals surface area contributed by atoms with Crippen LogP contribution in [0, 0.1) is 6.92 Å². The number of aromatic hydroxyl groups is 1. The van der Waals surface area contributed by atoms with Crippen LogP contribution in [0.15, 0.2) is 12.1 Å². The Morgan fingerprint density at radius 1 is 1.61 bits per heavy atom. The summed E-state index contributed by atoms with van der Waals surface area (Å²) in [5.74, 6) is -1.22. The van der Waals surface area contributed by atoms with Gasteiger partial charge in [0.05, 0.1) is 12.6 Å². The summed E-state index contributed by atoms with van der Waals surface area (Å²) in [7, 11) is 0. The Labute approximate surface area is 109 Å². The molecule has 0 aliphatic heterocycles. The van der Waals surface area contributed by atoms with Gasteiger partial charge in [0, 0.05) is 10.6 Å². The molecule has 0 aliphatic rings. The Morgan fingerprint density at radius 3 is 2.78 bits per heavy atom. The minimum absolute atomic E-state index is 0.0620. The number of ether oxygens (including phenoxy) is 1. The molecule has 4 nitrogen and oxygen atoms in total. The van der Waals surface area contributed by atoms with Gasteiger partial charge in [0.2, 0.25) is 6.17 Å². The minimum Gasteiger partial charge on any atom is -0.507 e. The van der Waals surface area contributed by atoms with Crippen molar-refractivity contribution in [2.24, 2.45) is 5.73 Å². The first-order valence-corrected chi connectivity index (χ1v) is 5.81. The van der Waals surface area contributed by atoms with Crippen molar-refractivity contribution in [1.29, 1.82) is 0 Å². The molecule has 0 aliphatic carbocycles. The molecule has 0 bridgehead atoms. The average Bonchev–Trinajstić information content (AvgIpc) is 2.32. The first-order chi connectivity index (χ1) is 8.38. The zero-order valence-corrected chi connectivity index (χ0v) is 10.9. The molecule has 100 valence electrons. The second-order valence-corrected chi connectivity index (χ2v) is 4.28. The van der Waals surface area contributed by atoms with Gasteiger partial charge in [-0.25, -0.2) is 9.18 Å². The van der Waals surface area contributed by atoms with Gasteiger partial charge in [-0.3, -0.25) is 0 Å². The fraction of sp³-hybridized carbons (Fsp3) is 0.417. The van der Waals surface area contributed by atoms with E-state index in [2.05, 4.69) is 4.74 Å². The number of rotatable bonds is 4. The summed E-state index contributed by atoms with van der Waals surface area (Å²) < 4.78 is 18.3. The lowest BCUT2D eigenvalue weighted by Crippen LogP contribution is -2.31. The summed E-state index contributed by atoms with van der Waals surface area (Å²) in [5, 5.41) is 10.1. The summed E-state index contributed by atoms with van der Waals surface area (Å²) in [5.41, 5.74) is 6.16. The quantitative estimate of drug-likeness (QED) is 0.827. The summed E-state index contributed by atoms with van der Waals surface area (Å²) in [6.45, 7) is 3.23. The normalized spacial score (nSPS) is 14.1. The molecule has 0 amide bonds. The fourth-order valence-electron chi connectivity index (χ4n) is 1.54. The fourth-order valence-corrected chi connectivity index (χ4v) is 1.82. The highest BCUT2D eigenvalue weighted by Gasteiger charge is 2.30. The van der Waals surface area contributed by atoms with Gasteiger partial charge in [-0.05, 0) is 31.5 Å². The largest absolute Gasteiger partial charge is 0.507 e. The third kappa shape index (κ3) is 3.11. The van der Waals surface area contributed by atoms with Crippen LogP contribution in [0.2, 0.25) is 5.02 Å². The number of benzene rings is 1. The number of hydrogen-bond donors (Lipinski definition) is 2. The summed E-state index contributed by atoms with van der Waals surface area (Å²) in [4.78, 5) is 11.2. The van der Waals surface area contributed by atoms with Crippen LogP contribution in [-0.2, 0) is 9.53 Å². The van der Waals surface area contributed by atoms with Crippen molar-refractivity contribution in [3.05, 3.63) is 28.3 Å². The van der Waals surface area contributed by atoms with E-state index in [4.69, 9.17) is 17.3 Å². The minimum atomic E-state index is -2.05. The molecule has 6 heteroatoms. The van der Waals surface area contributed by atoms with Crippen LogP contribution in [0.25, 0.3) is 0 Å². The van der Waals surface area contributed by atoms with Crippen molar-refractivity contribution in [3.63, 3.8) is 0 Å². The van der Waals surface area contributed by atoms with E-state index in [1.807, 2.05) is 0 Å². The second kappa shape index (κ2) is 6.02. The van der Waals surface area contributed by atoms with Gasteiger partial charge >= 0.3 is 5.97 Å². The van der Waals surface area contributed by atoms with E-state index in [-0.39, 0.29) is 17.9 Å². The zero-order valence-electron chi connectivity index (χ0n) is 10.1. The first kappa shape index (κ1) is 14.7. The van der Waals surface area contributed by atoms with E-state index in [1.54, 1.807) is 13.8 Å². The lowest BCUT2D eigenvalue weighted by molar-refractivity contribution is -0.149. The van der Waals surface area contributed by atoms with E-state index in [0.717, 1.165) is 0 Å². The van der Waals surface area contributed by atoms with Gasteiger partial charge in [0.15, 0.2) is 0 Å². The molecule has 0 fully saturated rings. The van der Waals surface area contributed by atoms with E-state index in [1.165, 1.54) is 12.1 Å². The van der Waals surface area contributed by atoms with Crippen LogP contribution in [0.3, 0.4) is 0 Å². The van der Waals surface area contributed by atoms with Gasteiger partial charge in [0.25, 0.3) is 0 Å². The summed E-state index contributed by atoms with van der Waals surface area (Å²) >= 11 is 5.81. The van der Waals surface area contributed by atoms with Crippen LogP contribution >= 0.6 is 11.6 Å². The lowest BCUT2D eigenvalue weighted by atomic mass is 9.99. The third-order valence-corrected chi connectivity index (χ3v) is 2.70. The number of halogens is 2. The Hall–Kier alpha value is -1.33. The van der Waals surface area contributed by atoms with E-state index in [9.17, 15) is 14.3 Å². The van der Waals surface area contributed by atoms with E-state index in [0.29, 0.717) is 10.6 Å². The lowest BCUT2D eigenvalue weighted by Gasteiger charge is -2.18. The molecular weight excluding hydrogens is 261 g/mol. The van der Waals surface area contributed by atoms with E-state index >= 15 is 0 Å². The SMILES string of the molecule is CCOC(=O)C(F)[C@H](N)c1cc(Cl)cc(C)c1O. The van der Waals surface area contributed by atoms with Crippen LogP contribution in [0.4, 0.5) is 4.39 Å². The Bertz CT molecular complexity index is 453. The number of carbonyl (C=O) groups excluding carboxylic acids is 1. The molecule has 3 N–H and O–H groups in total. The predicted octanol–water partition coefficient (Wildman–Crippen LogP) is 2.26. The van der Waals surface area contributed by atoms with Crippen molar-refractivity contribution in [2.45, 2.75) is 26.1 Å². The number of aryl methyl sites for hydroxylation is 1. The smallest absolute Gasteiger partial charge is 0.342 e. The van der Waals surface area contributed by atoms with Crippen molar-refractivity contribution in [2.75, 3.05) is 6.61 Å². The number of hydrogen-bond acceptors (Lipinski definition) is 4. The molecule has 1 unspecified atom stereocenters. The topological polar surface area (TPSA) is 72.5 Å². The molecule has 0 radical (unpaired) electrons. The van der Waals surface area contributed by atoms with Crippen LogP contribution in [0.5, 0.6) is 5.75 Å². The average molecular weight is 276 g/mol. The maximum atomic E-state index is 13.8. The highest BCUT2D eigenvalue weighted by atomic mass is 35.5. The van der Waals surface area contributed by atoms with Crippen molar-refractivity contribution in [3.8, 4) is 5.75 Å². The molecular formula is C12H15ClFNO3. The maximum absolute atomic E-state index is 13.8. The van der Waals surface area contributed by atoms with Crippen molar-refractivity contribution >= 4 is 17.6 Å². The molecule has 0 aromatic heterocycles. The molecule has 0 heterocycles. The standard InChI is InChI=1S/C12H15ClFNO3/c1-3-18-12(17)9(14)10(15)8-5-7(13)4-6(2)11(8)16/h4-5,9-10,16H,3,15H2,1-2H3/t9?,10-/m1/s1. The molecule has 1 rings (SSSR count). The molecule has 1 aromatic carbocycles. The van der Waals surface area contributed by atoms with Gasteiger partial charge < -0.3 is 15.6 Å². The number of phenols is 1. The molecule has 0 saturated heterocycles. The predicted molar refractivity (Wildman–Crippen MR) is 66.3 cm³/mol. The third-order valence-electron chi connectivity index (χ3n) is 2.48. The highest BCUT2D eigenvalue weighted by Crippen LogP contribution is 2.32. The van der Waals surface area contributed by atoms with Crippen LogP contribution in [0.1, 0.15) is 24.1 Å². The second-order valence-electron chi connectivity index (χ2n) is 3.84. The van der Waals surface area contributed by atoms with Gasteiger partial charge in [-0.15, -0.1) is 0 Å². The molecule has 18 heavy (non-hydrogen) atoms. The van der Waals surface area contributed by atoms with Crippen LogP contribution in [-0.4, -0.2) is 23.9 Å². The number of esters is 1. The number of nitrogens with two attached hydrogens (primary N) is 1. The summed E-state index contributed by atoms with van der Waals surface area (Å²) in [6.07, 6.45) is -2.05. The van der Waals surface area contributed by atoms with Gasteiger partial charge in [0.1, 0.15) is 5.75 Å².